The van der Waals surface area contributed by atoms with Crippen LogP contribution in [0, 0.1) is 6.92 Å². The van der Waals surface area contributed by atoms with Crippen molar-refractivity contribution >= 4 is 11.5 Å². The molecule has 4 nitrogen and oxygen atoms in total. The van der Waals surface area contributed by atoms with Crippen LogP contribution in [0.2, 0.25) is 0 Å². The second kappa shape index (κ2) is 5.57. The number of rotatable bonds is 1. The third-order valence-electron chi connectivity index (χ3n) is 3.62. The van der Waals surface area contributed by atoms with E-state index in [9.17, 15) is 13.2 Å². The van der Waals surface area contributed by atoms with Gasteiger partial charge in [0.2, 0.25) is 5.96 Å². The lowest BCUT2D eigenvalue weighted by Crippen LogP contribution is -2.39. The van der Waals surface area contributed by atoms with E-state index in [1.807, 2.05) is 0 Å². The third kappa shape index (κ3) is 2.74. The molecule has 1 aromatic rings. The molecule has 1 aromatic heterocycles. The SMILES string of the molecule is [2H]C1N=C(NC)N2C=CC(C(F)(F)F)=CC2=C1c1cccnc1C. The third-order valence-corrected chi connectivity index (χ3v) is 3.62. The largest absolute Gasteiger partial charge is 0.416 e. The number of aliphatic imine (C=N–C) groups is 1. The summed E-state index contributed by atoms with van der Waals surface area (Å²) in [6, 6.07) is 3.43. The van der Waals surface area contributed by atoms with Crippen LogP contribution in [-0.2, 0) is 0 Å². The van der Waals surface area contributed by atoms with Gasteiger partial charge in [0.15, 0.2) is 0 Å². The van der Waals surface area contributed by atoms with E-state index in [-0.39, 0.29) is 5.70 Å². The van der Waals surface area contributed by atoms with Crippen molar-refractivity contribution in [1.29, 1.82) is 0 Å². The first-order valence-corrected chi connectivity index (χ1v) is 6.93. The topological polar surface area (TPSA) is 40.5 Å². The van der Waals surface area contributed by atoms with Gasteiger partial charge in [-0.05, 0) is 25.1 Å². The molecule has 23 heavy (non-hydrogen) atoms. The number of fused-ring (bicyclic) bond motifs is 1. The van der Waals surface area contributed by atoms with Crippen molar-refractivity contribution in [2.75, 3.05) is 13.6 Å². The maximum Gasteiger partial charge on any atom is 0.416 e. The highest BCUT2D eigenvalue weighted by molar-refractivity contribution is 5.91. The van der Waals surface area contributed by atoms with E-state index in [4.69, 9.17) is 1.37 Å². The quantitative estimate of drug-likeness (QED) is 0.864. The molecule has 0 spiro atoms. The molecule has 3 heterocycles. The van der Waals surface area contributed by atoms with Crippen molar-refractivity contribution in [2.24, 2.45) is 4.99 Å². The van der Waals surface area contributed by atoms with Gasteiger partial charge in [-0.1, -0.05) is 6.07 Å². The lowest BCUT2D eigenvalue weighted by molar-refractivity contribution is -0.0885. The lowest BCUT2D eigenvalue weighted by atomic mass is 9.98. The molecule has 0 aliphatic carbocycles. The Morgan fingerprint density at radius 2 is 2.17 bits per heavy atom. The monoisotopic (exact) mass is 321 g/mol. The van der Waals surface area contributed by atoms with Gasteiger partial charge >= 0.3 is 6.18 Å². The highest BCUT2D eigenvalue weighted by Gasteiger charge is 2.36. The van der Waals surface area contributed by atoms with Crippen LogP contribution in [0.15, 0.2) is 52.9 Å². The van der Waals surface area contributed by atoms with Gasteiger partial charge in [-0.3, -0.25) is 9.88 Å². The summed E-state index contributed by atoms with van der Waals surface area (Å²) in [5.41, 5.74) is 1.16. The van der Waals surface area contributed by atoms with E-state index >= 15 is 0 Å². The summed E-state index contributed by atoms with van der Waals surface area (Å²) in [4.78, 5) is 9.91. The molecule has 1 unspecified atom stereocenters. The standard InChI is InChI=1S/C16H15F3N4/c1-10-12(4-3-6-21-10)13-9-22-15(20-2)23-7-5-11(8-14(13)23)16(17,18)19/h3-8H,9H2,1-2H3,(H,20,22)/i9D. The molecule has 0 saturated heterocycles. The number of nitrogens with zero attached hydrogens (tertiary/aromatic N) is 3. The van der Waals surface area contributed by atoms with Gasteiger partial charge in [-0.15, -0.1) is 0 Å². The molecule has 1 N–H and O–H groups in total. The fraction of sp³-hybridized carbons (Fsp3) is 0.250. The van der Waals surface area contributed by atoms with Gasteiger partial charge in [0.05, 0.1) is 19.2 Å². The number of nitrogens with one attached hydrogen (secondary N) is 1. The highest BCUT2D eigenvalue weighted by Crippen LogP contribution is 2.36. The first kappa shape index (κ1) is 14.0. The van der Waals surface area contributed by atoms with E-state index in [2.05, 4.69) is 15.3 Å². The fourth-order valence-corrected chi connectivity index (χ4v) is 2.48. The molecule has 2 aliphatic rings. The number of pyridine rings is 1. The van der Waals surface area contributed by atoms with Crippen molar-refractivity contribution in [3.05, 3.63) is 59.2 Å². The van der Waals surface area contributed by atoms with Crippen molar-refractivity contribution in [3.63, 3.8) is 0 Å². The Morgan fingerprint density at radius 3 is 2.83 bits per heavy atom. The van der Waals surface area contributed by atoms with Gasteiger partial charge in [0.1, 0.15) is 0 Å². The molecule has 3 rings (SSSR count). The minimum absolute atomic E-state index is 0.278. The van der Waals surface area contributed by atoms with E-state index < -0.39 is 18.3 Å². The molecule has 1 atom stereocenters. The number of halogens is 3. The van der Waals surface area contributed by atoms with E-state index in [0.717, 1.165) is 12.2 Å². The van der Waals surface area contributed by atoms with Crippen LogP contribution in [-0.4, -0.2) is 35.6 Å². The number of hydrogen-bond donors (Lipinski definition) is 1. The number of guanidine groups is 1. The summed E-state index contributed by atoms with van der Waals surface area (Å²) in [6.07, 6.45) is 0.495. The fourth-order valence-electron chi connectivity index (χ4n) is 2.48. The molecular formula is C16H15F3N4. The summed E-state index contributed by atoms with van der Waals surface area (Å²) in [5, 5.41) is 2.82. The average molecular weight is 321 g/mol. The van der Waals surface area contributed by atoms with Crippen molar-refractivity contribution in [2.45, 2.75) is 13.1 Å². The number of allylic oxidation sites excluding steroid dienone is 3. The Balaban J connectivity index is 2.23. The molecule has 0 aromatic carbocycles. The van der Waals surface area contributed by atoms with Crippen LogP contribution >= 0.6 is 0 Å². The zero-order valence-corrected chi connectivity index (χ0v) is 12.5. The van der Waals surface area contributed by atoms with E-state index in [1.54, 1.807) is 32.3 Å². The van der Waals surface area contributed by atoms with Crippen LogP contribution < -0.4 is 5.32 Å². The maximum absolute atomic E-state index is 13.1. The zero-order chi connectivity index (χ0) is 17.5. The predicted octanol–water partition coefficient (Wildman–Crippen LogP) is 3.01. The van der Waals surface area contributed by atoms with E-state index in [0.29, 0.717) is 22.8 Å². The molecule has 120 valence electrons. The molecule has 0 saturated carbocycles. The summed E-state index contributed by atoms with van der Waals surface area (Å²) in [5.74, 6) is 0.323. The van der Waals surface area contributed by atoms with Crippen LogP contribution in [0.5, 0.6) is 0 Å². The highest BCUT2D eigenvalue weighted by atomic mass is 19.4. The summed E-state index contributed by atoms with van der Waals surface area (Å²) in [7, 11) is 1.61. The zero-order valence-electron chi connectivity index (χ0n) is 13.5. The van der Waals surface area contributed by atoms with Crippen molar-refractivity contribution < 1.29 is 14.5 Å². The number of aryl methyl sites for hydroxylation is 1. The molecule has 0 bridgehead atoms. The summed E-state index contributed by atoms with van der Waals surface area (Å²) >= 11 is 0. The lowest BCUT2D eigenvalue weighted by Gasteiger charge is -2.32. The van der Waals surface area contributed by atoms with Crippen LogP contribution in [0.1, 0.15) is 12.6 Å². The minimum atomic E-state index is -4.46. The molecule has 2 aliphatic heterocycles. The van der Waals surface area contributed by atoms with Crippen LogP contribution in [0.25, 0.3) is 5.57 Å². The first-order chi connectivity index (χ1) is 11.3. The van der Waals surface area contributed by atoms with Crippen LogP contribution in [0.3, 0.4) is 0 Å². The minimum Gasteiger partial charge on any atom is -0.359 e. The Labute approximate surface area is 133 Å². The molecule has 0 radical (unpaired) electrons. The molecular weight excluding hydrogens is 305 g/mol. The normalized spacial score (nSPS) is 21.5. The smallest absolute Gasteiger partial charge is 0.359 e. The molecule has 0 fully saturated rings. The van der Waals surface area contributed by atoms with Crippen LogP contribution in [0.4, 0.5) is 13.2 Å². The summed E-state index contributed by atoms with van der Waals surface area (Å²) in [6.45, 7) is 0.712. The first-order valence-electron chi connectivity index (χ1n) is 7.51. The van der Waals surface area contributed by atoms with Gasteiger partial charge in [-0.25, -0.2) is 4.99 Å². The maximum atomic E-state index is 13.1. The Kier molecular flexibility index (Phi) is 3.40. The number of aromatic nitrogens is 1. The Morgan fingerprint density at radius 1 is 1.39 bits per heavy atom. The molecule has 7 heteroatoms. The van der Waals surface area contributed by atoms with Crippen molar-refractivity contribution in [3.8, 4) is 0 Å². The molecule has 0 amide bonds. The second-order valence-corrected chi connectivity index (χ2v) is 5.05. The second-order valence-electron chi connectivity index (χ2n) is 5.05. The number of alkyl halides is 3. The van der Waals surface area contributed by atoms with Gasteiger partial charge in [0, 0.05) is 36.3 Å². The van der Waals surface area contributed by atoms with Gasteiger partial charge < -0.3 is 5.32 Å². The number of hydrogen-bond acceptors (Lipinski definition) is 4. The van der Waals surface area contributed by atoms with Crippen molar-refractivity contribution in [1.82, 2.24) is 15.2 Å². The van der Waals surface area contributed by atoms with Gasteiger partial charge in [0.25, 0.3) is 0 Å². The Hall–Kier alpha value is -2.57. The predicted molar refractivity (Wildman–Crippen MR) is 82.4 cm³/mol. The van der Waals surface area contributed by atoms with Gasteiger partial charge in [-0.2, -0.15) is 13.2 Å². The average Bonchev–Trinajstić information content (AvgIpc) is 2.54. The van der Waals surface area contributed by atoms with E-state index in [1.165, 1.54) is 11.1 Å². The Bertz CT molecular complexity index is 793. The summed E-state index contributed by atoms with van der Waals surface area (Å²) < 4.78 is 47.6.